The van der Waals surface area contributed by atoms with Gasteiger partial charge in [0.15, 0.2) is 12.2 Å². The maximum atomic E-state index is 11.4. The summed E-state index contributed by atoms with van der Waals surface area (Å²) in [7, 11) is 0. The summed E-state index contributed by atoms with van der Waals surface area (Å²) in [6, 6.07) is 9.67. The molecule has 1 aromatic carbocycles. The molecule has 1 aliphatic rings. The lowest BCUT2D eigenvalue weighted by Crippen LogP contribution is -2.24. The van der Waals surface area contributed by atoms with Crippen molar-refractivity contribution in [1.29, 1.82) is 0 Å². The molecule has 0 saturated carbocycles. The Bertz CT molecular complexity index is 418. The number of rotatable bonds is 5. The molecule has 0 aromatic heterocycles. The summed E-state index contributed by atoms with van der Waals surface area (Å²) in [5.41, 5.74) is 6.06. The molecule has 5 heteroatoms. The molecule has 1 aliphatic heterocycles. The molecule has 2 atom stereocenters. The smallest absolute Gasteiger partial charge is 0.338 e. The normalized spacial score (nSPS) is 21.9. The van der Waals surface area contributed by atoms with Crippen LogP contribution in [0.5, 0.6) is 0 Å². The molecular weight excluding hydrogens is 222 g/mol. The monoisotopic (exact) mass is 235 g/mol. The van der Waals surface area contributed by atoms with Gasteiger partial charge in [-0.1, -0.05) is 30.3 Å². The number of nitrogens with two attached hydrogens (primary N) is 1. The summed E-state index contributed by atoms with van der Waals surface area (Å²) in [5, 5.41) is 0. The molecule has 2 rings (SSSR count). The van der Waals surface area contributed by atoms with E-state index in [-0.39, 0.29) is 6.61 Å². The van der Waals surface area contributed by atoms with Crippen LogP contribution >= 0.6 is 0 Å². The summed E-state index contributed by atoms with van der Waals surface area (Å²) in [5.74, 6) is -1.15. The van der Waals surface area contributed by atoms with Crippen molar-refractivity contribution in [3.63, 3.8) is 0 Å². The molecule has 2 N–H and O–H groups in total. The van der Waals surface area contributed by atoms with E-state index in [0.29, 0.717) is 6.42 Å². The first kappa shape index (κ1) is 11.6. The molecule has 0 radical (unpaired) electrons. The minimum Gasteiger partial charge on any atom is -0.463 e. The Morgan fingerprint density at radius 3 is 2.53 bits per heavy atom. The van der Waals surface area contributed by atoms with E-state index in [1.165, 1.54) is 0 Å². The summed E-state index contributed by atoms with van der Waals surface area (Å²) in [6.07, 6.45) is -0.969. The van der Waals surface area contributed by atoms with Crippen LogP contribution in [0.3, 0.4) is 0 Å². The Balaban J connectivity index is 1.70. The Labute approximate surface area is 98.5 Å². The van der Waals surface area contributed by atoms with Crippen molar-refractivity contribution >= 4 is 11.9 Å². The largest absolute Gasteiger partial charge is 0.463 e. The zero-order valence-electron chi connectivity index (χ0n) is 9.17. The minimum atomic E-state index is -0.806. The molecule has 1 amide bonds. The van der Waals surface area contributed by atoms with Gasteiger partial charge in [0.05, 0.1) is 6.61 Å². The highest BCUT2D eigenvalue weighted by Gasteiger charge is 2.50. The number of epoxide rings is 1. The van der Waals surface area contributed by atoms with Gasteiger partial charge in [0.1, 0.15) is 0 Å². The topological polar surface area (TPSA) is 81.9 Å². The van der Waals surface area contributed by atoms with E-state index >= 15 is 0 Å². The van der Waals surface area contributed by atoms with Crippen LogP contribution in [0.1, 0.15) is 5.56 Å². The molecule has 1 saturated heterocycles. The van der Waals surface area contributed by atoms with Crippen LogP contribution in [0.2, 0.25) is 0 Å². The average Bonchev–Trinajstić information content (AvgIpc) is 3.10. The van der Waals surface area contributed by atoms with E-state index in [2.05, 4.69) is 0 Å². The number of hydrogen-bond donors (Lipinski definition) is 1. The summed E-state index contributed by atoms with van der Waals surface area (Å²) in [4.78, 5) is 22.0. The van der Waals surface area contributed by atoms with Crippen molar-refractivity contribution in [2.45, 2.75) is 18.6 Å². The molecule has 17 heavy (non-hydrogen) atoms. The molecule has 90 valence electrons. The lowest BCUT2D eigenvalue weighted by atomic mass is 10.2. The third-order valence-electron chi connectivity index (χ3n) is 2.48. The number of ether oxygens (including phenoxy) is 2. The van der Waals surface area contributed by atoms with E-state index in [1.54, 1.807) is 0 Å². The minimum absolute atomic E-state index is 0.272. The van der Waals surface area contributed by atoms with Gasteiger partial charge in [-0.05, 0) is 5.56 Å². The van der Waals surface area contributed by atoms with Gasteiger partial charge in [0.2, 0.25) is 5.91 Å². The third-order valence-corrected chi connectivity index (χ3v) is 2.48. The Kier molecular flexibility index (Phi) is 3.39. The van der Waals surface area contributed by atoms with E-state index in [0.717, 1.165) is 5.56 Å². The fraction of sp³-hybridized carbons (Fsp3) is 0.333. The molecule has 5 nitrogen and oxygen atoms in total. The highest BCUT2D eigenvalue weighted by atomic mass is 16.6. The molecule has 2 unspecified atom stereocenters. The molecule has 1 aromatic rings. The van der Waals surface area contributed by atoms with Crippen LogP contribution < -0.4 is 5.73 Å². The van der Waals surface area contributed by atoms with Gasteiger partial charge in [-0.2, -0.15) is 0 Å². The zero-order chi connectivity index (χ0) is 12.3. The highest BCUT2D eigenvalue weighted by Crippen LogP contribution is 2.22. The van der Waals surface area contributed by atoms with Crippen molar-refractivity contribution in [3.8, 4) is 0 Å². The Morgan fingerprint density at radius 1 is 1.24 bits per heavy atom. The van der Waals surface area contributed by atoms with Crippen LogP contribution in [0.15, 0.2) is 30.3 Å². The summed E-state index contributed by atoms with van der Waals surface area (Å²) < 4.78 is 9.77. The molecule has 1 heterocycles. The van der Waals surface area contributed by atoms with Crippen molar-refractivity contribution < 1.29 is 19.1 Å². The van der Waals surface area contributed by atoms with E-state index < -0.39 is 24.1 Å². The number of primary amides is 1. The second-order valence-electron chi connectivity index (χ2n) is 3.78. The lowest BCUT2D eigenvalue weighted by Gasteiger charge is -2.02. The second kappa shape index (κ2) is 4.97. The maximum Gasteiger partial charge on any atom is 0.338 e. The fourth-order valence-electron chi connectivity index (χ4n) is 1.50. The summed E-state index contributed by atoms with van der Waals surface area (Å²) >= 11 is 0. The van der Waals surface area contributed by atoms with Crippen LogP contribution in [0, 0.1) is 0 Å². The number of carbonyl (C=O) groups excluding carboxylic acids is 2. The number of benzene rings is 1. The Hall–Kier alpha value is -1.88. The van der Waals surface area contributed by atoms with Gasteiger partial charge >= 0.3 is 5.97 Å². The first-order chi connectivity index (χ1) is 8.18. The summed E-state index contributed by atoms with van der Waals surface area (Å²) in [6.45, 7) is 0.272. The van der Waals surface area contributed by atoms with Crippen LogP contribution in [-0.2, 0) is 25.5 Å². The maximum absolute atomic E-state index is 11.4. The van der Waals surface area contributed by atoms with E-state index in [1.807, 2.05) is 30.3 Å². The van der Waals surface area contributed by atoms with E-state index in [4.69, 9.17) is 15.2 Å². The Morgan fingerprint density at radius 2 is 1.94 bits per heavy atom. The highest BCUT2D eigenvalue weighted by molar-refractivity contribution is 5.91. The van der Waals surface area contributed by atoms with Crippen molar-refractivity contribution in [1.82, 2.24) is 0 Å². The average molecular weight is 235 g/mol. The van der Waals surface area contributed by atoms with Gasteiger partial charge in [0, 0.05) is 6.42 Å². The molecule has 1 fully saturated rings. The van der Waals surface area contributed by atoms with Crippen molar-refractivity contribution in [2.75, 3.05) is 6.61 Å². The predicted molar refractivity (Wildman–Crippen MR) is 59.0 cm³/mol. The van der Waals surface area contributed by atoms with Crippen LogP contribution in [0.25, 0.3) is 0 Å². The molecule has 0 bridgehead atoms. The zero-order valence-corrected chi connectivity index (χ0v) is 9.17. The third kappa shape index (κ3) is 3.04. The number of hydrogen-bond acceptors (Lipinski definition) is 4. The first-order valence-corrected chi connectivity index (χ1v) is 5.34. The van der Waals surface area contributed by atoms with Crippen molar-refractivity contribution in [3.05, 3.63) is 35.9 Å². The number of amides is 1. The number of carbonyl (C=O) groups is 2. The second-order valence-corrected chi connectivity index (χ2v) is 3.78. The molecule has 0 spiro atoms. The van der Waals surface area contributed by atoms with Crippen molar-refractivity contribution in [2.24, 2.45) is 5.73 Å². The SMILES string of the molecule is NC(=O)C1OC1C(=O)OCCc1ccccc1. The fourth-order valence-corrected chi connectivity index (χ4v) is 1.50. The quantitative estimate of drug-likeness (QED) is 0.576. The first-order valence-electron chi connectivity index (χ1n) is 5.34. The van der Waals surface area contributed by atoms with Gasteiger partial charge in [-0.3, -0.25) is 4.79 Å². The molecular formula is C12H13NO4. The van der Waals surface area contributed by atoms with Gasteiger partial charge in [0.25, 0.3) is 0 Å². The van der Waals surface area contributed by atoms with Gasteiger partial charge in [-0.15, -0.1) is 0 Å². The molecule has 0 aliphatic carbocycles. The van der Waals surface area contributed by atoms with Crippen LogP contribution in [-0.4, -0.2) is 30.7 Å². The van der Waals surface area contributed by atoms with Gasteiger partial charge in [-0.25, -0.2) is 4.79 Å². The van der Waals surface area contributed by atoms with Crippen LogP contribution in [0.4, 0.5) is 0 Å². The predicted octanol–water partition coefficient (Wildman–Crippen LogP) is 0.0250. The van der Waals surface area contributed by atoms with E-state index in [9.17, 15) is 9.59 Å². The van der Waals surface area contributed by atoms with Gasteiger partial charge < -0.3 is 15.2 Å². The lowest BCUT2D eigenvalue weighted by molar-refractivity contribution is -0.145. The standard InChI is InChI=1S/C12H13NO4/c13-11(14)9-10(17-9)12(15)16-7-6-8-4-2-1-3-5-8/h1-5,9-10H,6-7H2,(H2,13,14). The number of esters is 1.